The number of nitrogens with zero attached hydrogens (tertiary/aromatic N) is 1. The van der Waals surface area contributed by atoms with E-state index < -0.39 is 0 Å². The van der Waals surface area contributed by atoms with Crippen molar-refractivity contribution in [1.82, 2.24) is 4.90 Å². The molecule has 2 aliphatic carbocycles. The molecule has 25 heavy (non-hydrogen) atoms. The zero-order chi connectivity index (χ0) is 17.7. The van der Waals surface area contributed by atoms with Gasteiger partial charge in [0.1, 0.15) is 0 Å². The minimum absolute atomic E-state index is 0.0403. The number of imide groups is 1. The van der Waals surface area contributed by atoms with Crippen LogP contribution in [0.4, 0.5) is 5.69 Å². The smallest absolute Gasteiger partial charge is 0.233 e. The second-order valence-corrected chi connectivity index (χ2v) is 7.83. The Morgan fingerprint density at radius 3 is 2.36 bits per heavy atom. The van der Waals surface area contributed by atoms with Crippen LogP contribution in [0.2, 0.25) is 0 Å². The monoisotopic (exact) mass is 340 g/mol. The molecule has 0 aromatic heterocycles. The predicted molar refractivity (Wildman–Crippen MR) is 93.7 cm³/mol. The summed E-state index contributed by atoms with van der Waals surface area (Å²) in [7, 11) is 0. The molecule has 1 saturated heterocycles. The first-order valence-electron chi connectivity index (χ1n) is 9.18. The van der Waals surface area contributed by atoms with Gasteiger partial charge in [0, 0.05) is 18.7 Å². The molecule has 1 aromatic rings. The number of hydrogen-bond acceptors (Lipinski definition) is 3. The summed E-state index contributed by atoms with van der Waals surface area (Å²) in [5, 5.41) is 2.88. The van der Waals surface area contributed by atoms with E-state index in [4.69, 9.17) is 0 Å². The van der Waals surface area contributed by atoms with Gasteiger partial charge in [0.05, 0.1) is 11.8 Å². The summed E-state index contributed by atoms with van der Waals surface area (Å²) in [4.78, 5) is 38.8. The average Bonchev–Trinajstić information content (AvgIpc) is 3.23. The van der Waals surface area contributed by atoms with Crippen LogP contribution in [-0.4, -0.2) is 29.2 Å². The summed E-state index contributed by atoms with van der Waals surface area (Å²) in [6.07, 6.45) is 3.34. The van der Waals surface area contributed by atoms with Gasteiger partial charge in [0.2, 0.25) is 17.7 Å². The first kappa shape index (κ1) is 16.3. The van der Waals surface area contributed by atoms with Crippen molar-refractivity contribution in [2.75, 3.05) is 11.9 Å². The van der Waals surface area contributed by atoms with Crippen LogP contribution in [0.3, 0.4) is 0 Å². The second kappa shape index (κ2) is 5.97. The molecule has 132 valence electrons. The van der Waals surface area contributed by atoms with Gasteiger partial charge in [-0.15, -0.1) is 0 Å². The lowest BCUT2D eigenvalue weighted by Gasteiger charge is -2.19. The fraction of sp³-hybridized carbons (Fsp3) is 0.550. The number of benzene rings is 1. The lowest BCUT2D eigenvalue weighted by Crippen LogP contribution is -2.35. The van der Waals surface area contributed by atoms with Gasteiger partial charge in [0.15, 0.2) is 0 Å². The van der Waals surface area contributed by atoms with Crippen molar-refractivity contribution in [3.05, 3.63) is 29.3 Å². The fourth-order valence-electron chi connectivity index (χ4n) is 5.07. The van der Waals surface area contributed by atoms with Crippen molar-refractivity contribution in [3.63, 3.8) is 0 Å². The van der Waals surface area contributed by atoms with Crippen molar-refractivity contribution in [1.29, 1.82) is 0 Å². The van der Waals surface area contributed by atoms with E-state index in [0.29, 0.717) is 11.8 Å². The Balaban J connectivity index is 1.37. The molecular formula is C20H24N2O3. The number of likely N-dealkylation sites (tertiary alicyclic amines) is 1. The van der Waals surface area contributed by atoms with Crippen molar-refractivity contribution < 1.29 is 14.4 Å². The van der Waals surface area contributed by atoms with Crippen LogP contribution in [0.5, 0.6) is 0 Å². The second-order valence-electron chi connectivity index (χ2n) is 7.83. The van der Waals surface area contributed by atoms with Crippen molar-refractivity contribution >= 4 is 23.4 Å². The maximum atomic E-state index is 12.6. The van der Waals surface area contributed by atoms with Gasteiger partial charge in [-0.3, -0.25) is 19.3 Å². The number of rotatable bonds is 4. The van der Waals surface area contributed by atoms with E-state index in [9.17, 15) is 14.4 Å². The van der Waals surface area contributed by atoms with Crippen LogP contribution >= 0.6 is 0 Å². The third-order valence-corrected chi connectivity index (χ3v) is 6.24. The van der Waals surface area contributed by atoms with Crippen LogP contribution in [0.1, 0.15) is 36.8 Å². The van der Waals surface area contributed by atoms with Crippen LogP contribution in [-0.2, 0) is 14.4 Å². The van der Waals surface area contributed by atoms with Gasteiger partial charge in [0.25, 0.3) is 0 Å². The molecule has 1 heterocycles. The maximum Gasteiger partial charge on any atom is 0.233 e. The summed E-state index contributed by atoms with van der Waals surface area (Å²) in [6.45, 7) is 4.15. The van der Waals surface area contributed by atoms with Gasteiger partial charge in [-0.05, 0) is 56.6 Å². The Bertz CT molecular complexity index is 729. The molecule has 1 N–H and O–H groups in total. The number of hydrogen-bond donors (Lipinski definition) is 1. The summed E-state index contributed by atoms with van der Waals surface area (Å²) in [5.74, 6) is 0.332. The highest BCUT2D eigenvalue weighted by Gasteiger charge is 2.60. The van der Waals surface area contributed by atoms with E-state index in [1.807, 2.05) is 32.0 Å². The summed E-state index contributed by atoms with van der Waals surface area (Å²) < 4.78 is 0. The third kappa shape index (κ3) is 2.66. The van der Waals surface area contributed by atoms with E-state index in [0.717, 1.165) is 36.1 Å². The summed E-state index contributed by atoms with van der Waals surface area (Å²) >= 11 is 0. The molecule has 0 unspecified atom stereocenters. The number of nitrogens with one attached hydrogen (secondary N) is 1. The van der Waals surface area contributed by atoms with Crippen LogP contribution in [0.25, 0.3) is 0 Å². The zero-order valence-corrected chi connectivity index (χ0v) is 14.7. The average molecular weight is 340 g/mol. The van der Waals surface area contributed by atoms with E-state index in [2.05, 4.69) is 5.32 Å². The maximum absolute atomic E-state index is 12.6. The molecule has 1 aromatic carbocycles. The van der Waals surface area contributed by atoms with Crippen molar-refractivity contribution in [2.24, 2.45) is 23.7 Å². The normalized spacial score (nSPS) is 30.1. The molecule has 0 radical (unpaired) electrons. The molecule has 3 aliphatic rings. The quantitative estimate of drug-likeness (QED) is 0.857. The summed E-state index contributed by atoms with van der Waals surface area (Å²) in [6, 6.07) is 5.85. The van der Waals surface area contributed by atoms with Gasteiger partial charge in [-0.25, -0.2) is 0 Å². The SMILES string of the molecule is Cc1ccc(NC(=O)CCN2C(=O)[C@@H]3[C@H]4CC[C@@H](C4)[C@H]3C2=O)c(C)c1. The van der Waals surface area contributed by atoms with Crippen LogP contribution in [0.15, 0.2) is 18.2 Å². The third-order valence-electron chi connectivity index (χ3n) is 6.24. The molecule has 5 nitrogen and oxygen atoms in total. The fourth-order valence-corrected chi connectivity index (χ4v) is 5.07. The molecule has 4 atom stereocenters. The largest absolute Gasteiger partial charge is 0.326 e. The first-order chi connectivity index (χ1) is 12.0. The minimum atomic E-state index is -0.160. The number of aryl methyl sites for hydroxylation is 2. The lowest BCUT2D eigenvalue weighted by molar-refractivity contribution is -0.140. The molecule has 1 aliphatic heterocycles. The minimum Gasteiger partial charge on any atom is -0.326 e. The molecule has 0 spiro atoms. The summed E-state index contributed by atoms with van der Waals surface area (Å²) in [5.41, 5.74) is 2.93. The number of amides is 3. The van der Waals surface area contributed by atoms with Crippen molar-refractivity contribution in [2.45, 2.75) is 39.5 Å². The molecule has 2 saturated carbocycles. The Labute approximate surface area is 147 Å². The lowest BCUT2D eigenvalue weighted by atomic mass is 9.81. The molecule has 3 fully saturated rings. The van der Waals surface area contributed by atoms with Gasteiger partial charge < -0.3 is 5.32 Å². The highest BCUT2D eigenvalue weighted by Crippen LogP contribution is 2.56. The highest BCUT2D eigenvalue weighted by atomic mass is 16.2. The Morgan fingerprint density at radius 2 is 1.76 bits per heavy atom. The van der Waals surface area contributed by atoms with Crippen LogP contribution < -0.4 is 5.32 Å². The highest BCUT2D eigenvalue weighted by molar-refractivity contribution is 6.06. The van der Waals surface area contributed by atoms with E-state index in [-0.39, 0.29) is 42.5 Å². The van der Waals surface area contributed by atoms with Crippen molar-refractivity contribution in [3.8, 4) is 0 Å². The Morgan fingerprint density at radius 1 is 1.12 bits per heavy atom. The molecule has 5 heteroatoms. The number of carbonyl (C=O) groups excluding carboxylic acids is 3. The topological polar surface area (TPSA) is 66.5 Å². The van der Waals surface area contributed by atoms with E-state index >= 15 is 0 Å². The molecule has 3 amide bonds. The molecular weight excluding hydrogens is 316 g/mol. The molecule has 2 bridgehead atoms. The number of fused-ring (bicyclic) bond motifs is 5. The van der Waals surface area contributed by atoms with Gasteiger partial charge in [-0.1, -0.05) is 17.7 Å². The Hall–Kier alpha value is -2.17. The standard InChI is InChI=1S/C20H24N2O3/c1-11-3-6-15(12(2)9-11)21-16(23)7-8-22-19(24)17-13-4-5-14(10-13)18(17)20(22)25/h3,6,9,13-14,17-18H,4-5,7-8,10H2,1-2H3,(H,21,23)/t13-,14-,17+,18+/m0/s1. The van der Waals surface area contributed by atoms with Crippen LogP contribution in [0, 0.1) is 37.5 Å². The zero-order valence-electron chi connectivity index (χ0n) is 14.7. The van der Waals surface area contributed by atoms with Gasteiger partial charge in [-0.2, -0.15) is 0 Å². The van der Waals surface area contributed by atoms with E-state index in [1.165, 1.54) is 4.90 Å². The number of anilines is 1. The number of carbonyl (C=O) groups is 3. The predicted octanol–water partition coefficient (Wildman–Crippen LogP) is 2.66. The van der Waals surface area contributed by atoms with E-state index in [1.54, 1.807) is 0 Å². The van der Waals surface area contributed by atoms with Gasteiger partial charge >= 0.3 is 0 Å². The Kier molecular flexibility index (Phi) is 3.89. The first-order valence-corrected chi connectivity index (χ1v) is 9.18. The molecule has 4 rings (SSSR count).